The summed E-state index contributed by atoms with van der Waals surface area (Å²) in [6.07, 6.45) is 4.67. The van der Waals surface area contributed by atoms with Crippen molar-refractivity contribution in [2.24, 2.45) is 5.11 Å². The van der Waals surface area contributed by atoms with E-state index in [1.165, 1.54) is 6.08 Å². The van der Waals surface area contributed by atoms with E-state index in [0.717, 1.165) is 16.5 Å². The van der Waals surface area contributed by atoms with Crippen LogP contribution in [0.25, 0.3) is 27.4 Å². The first kappa shape index (κ1) is 15.5. The molecule has 0 N–H and O–H groups in total. The fourth-order valence-corrected chi connectivity index (χ4v) is 1.84. The number of hydrogen-bond acceptors (Lipinski definition) is 4. The zero-order valence-corrected chi connectivity index (χ0v) is 12.6. The number of rotatable bonds is 3. The molecule has 0 fully saturated rings. The zero-order chi connectivity index (χ0) is 16.2. The van der Waals surface area contributed by atoms with Crippen molar-refractivity contribution in [3.63, 3.8) is 0 Å². The largest absolute Gasteiger partial charge is 0.457 e. The first-order chi connectivity index (χ1) is 10.4. The van der Waals surface area contributed by atoms with Crippen LogP contribution in [-0.4, -0.2) is 16.6 Å². The van der Waals surface area contributed by atoms with E-state index in [9.17, 15) is 4.79 Å². The molecular weight excluding hydrogens is 280 g/mol. The van der Waals surface area contributed by atoms with Gasteiger partial charge in [0.15, 0.2) is 0 Å². The summed E-state index contributed by atoms with van der Waals surface area (Å²) in [5, 5.41) is 4.39. The van der Waals surface area contributed by atoms with Crippen LogP contribution in [0, 0.1) is 0 Å². The van der Waals surface area contributed by atoms with Crippen molar-refractivity contribution in [2.75, 3.05) is 0 Å². The molecule has 2 rings (SSSR count). The molecule has 0 saturated carbocycles. The Morgan fingerprint density at radius 2 is 2.14 bits per heavy atom. The van der Waals surface area contributed by atoms with Crippen LogP contribution in [0.15, 0.2) is 41.7 Å². The predicted molar refractivity (Wildman–Crippen MR) is 85.4 cm³/mol. The smallest absolute Gasteiger partial charge is 0.331 e. The lowest BCUT2D eigenvalue weighted by molar-refractivity contribution is -0.148. The minimum absolute atomic E-state index is 0.407. The van der Waals surface area contributed by atoms with Crippen molar-refractivity contribution in [1.82, 2.24) is 4.98 Å². The van der Waals surface area contributed by atoms with E-state index in [4.69, 9.17) is 10.3 Å². The highest BCUT2D eigenvalue weighted by atomic mass is 16.6. The van der Waals surface area contributed by atoms with Crippen molar-refractivity contribution < 1.29 is 9.53 Å². The molecule has 0 amide bonds. The first-order valence-corrected chi connectivity index (χ1v) is 6.73. The van der Waals surface area contributed by atoms with Crippen LogP contribution in [0.4, 0.5) is 5.69 Å². The molecule has 0 spiro atoms. The highest BCUT2D eigenvalue weighted by Gasteiger charge is 2.13. The number of azide groups is 1. The van der Waals surface area contributed by atoms with Gasteiger partial charge in [-0.15, -0.1) is 0 Å². The van der Waals surface area contributed by atoms with E-state index in [1.807, 2.05) is 26.8 Å². The Morgan fingerprint density at radius 1 is 1.36 bits per heavy atom. The third kappa shape index (κ3) is 4.33. The quantitative estimate of drug-likeness (QED) is 0.274. The van der Waals surface area contributed by atoms with Gasteiger partial charge in [0.05, 0.1) is 5.52 Å². The highest BCUT2D eigenvalue weighted by molar-refractivity contribution is 5.89. The number of hydrogen-bond donors (Lipinski definition) is 0. The lowest BCUT2D eigenvalue weighted by atomic mass is 10.1. The van der Waals surface area contributed by atoms with Gasteiger partial charge in [0.25, 0.3) is 0 Å². The summed E-state index contributed by atoms with van der Waals surface area (Å²) in [4.78, 5) is 18.7. The number of pyridine rings is 1. The number of esters is 1. The molecule has 6 heteroatoms. The zero-order valence-electron chi connectivity index (χ0n) is 12.6. The van der Waals surface area contributed by atoms with E-state index in [1.54, 1.807) is 30.5 Å². The van der Waals surface area contributed by atoms with E-state index in [2.05, 4.69) is 15.0 Å². The summed E-state index contributed by atoms with van der Waals surface area (Å²) in [5.74, 6) is -0.407. The van der Waals surface area contributed by atoms with Gasteiger partial charge in [0.2, 0.25) is 0 Å². The number of benzene rings is 1. The van der Waals surface area contributed by atoms with Gasteiger partial charge in [-0.3, -0.25) is 4.98 Å². The van der Waals surface area contributed by atoms with Crippen molar-refractivity contribution in [2.45, 2.75) is 26.4 Å². The van der Waals surface area contributed by atoms with Gasteiger partial charge in [-0.1, -0.05) is 11.2 Å². The molecule has 2 aromatic rings. The molecule has 0 atom stereocenters. The van der Waals surface area contributed by atoms with Crippen LogP contribution in [-0.2, 0) is 9.53 Å². The minimum Gasteiger partial charge on any atom is -0.457 e. The van der Waals surface area contributed by atoms with Crippen molar-refractivity contribution in [1.29, 1.82) is 0 Å². The molecule has 1 aromatic heterocycles. The molecule has 0 aliphatic carbocycles. The Hall–Kier alpha value is -2.85. The van der Waals surface area contributed by atoms with E-state index < -0.39 is 11.6 Å². The Kier molecular flexibility index (Phi) is 4.44. The maximum atomic E-state index is 11.7. The van der Waals surface area contributed by atoms with Gasteiger partial charge >= 0.3 is 5.97 Å². The van der Waals surface area contributed by atoms with Crippen LogP contribution in [0.1, 0.15) is 26.3 Å². The molecule has 0 saturated heterocycles. The Morgan fingerprint density at radius 3 is 2.82 bits per heavy atom. The second kappa shape index (κ2) is 6.28. The summed E-state index contributed by atoms with van der Waals surface area (Å²) in [6, 6.07) is 7.08. The Balaban J connectivity index is 2.25. The van der Waals surface area contributed by atoms with Crippen LogP contribution < -0.4 is 0 Å². The van der Waals surface area contributed by atoms with Gasteiger partial charge in [0.1, 0.15) is 5.60 Å². The van der Waals surface area contributed by atoms with Gasteiger partial charge in [-0.25, -0.2) is 4.79 Å². The first-order valence-electron chi connectivity index (χ1n) is 6.73. The molecule has 0 bridgehead atoms. The Bertz CT molecular complexity index is 784. The molecule has 112 valence electrons. The standard InChI is InChI=1S/C16H16N4O2/c1-16(2,3)22-15(21)7-4-11-8-12-9-13(19-20-17)5-6-14(12)18-10-11/h4-10H,1-3H3/b7-4+. The van der Waals surface area contributed by atoms with Gasteiger partial charge in [0, 0.05) is 28.3 Å². The van der Waals surface area contributed by atoms with Gasteiger partial charge in [-0.05, 0) is 56.1 Å². The van der Waals surface area contributed by atoms with Crippen LogP contribution in [0.3, 0.4) is 0 Å². The van der Waals surface area contributed by atoms with E-state index >= 15 is 0 Å². The topological polar surface area (TPSA) is 88.0 Å². The number of carbonyl (C=O) groups is 1. The molecule has 0 aliphatic heterocycles. The highest BCUT2D eigenvalue weighted by Crippen LogP contribution is 2.21. The summed E-state index contributed by atoms with van der Waals surface area (Å²) < 4.78 is 5.20. The molecule has 0 radical (unpaired) electrons. The summed E-state index contributed by atoms with van der Waals surface area (Å²) in [5.41, 5.74) is 10.0. The SMILES string of the molecule is CC(C)(C)OC(=O)/C=C/c1cnc2ccc(N=[N+]=[N-])cc2c1. The predicted octanol–water partition coefficient (Wildman–Crippen LogP) is 4.53. The minimum atomic E-state index is -0.521. The second-order valence-corrected chi connectivity index (χ2v) is 5.70. The number of nitrogens with zero attached hydrogens (tertiary/aromatic N) is 4. The van der Waals surface area contributed by atoms with Crippen molar-refractivity contribution in [3.05, 3.63) is 52.5 Å². The fraction of sp³-hybridized carbons (Fsp3) is 0.250. The summed E-state index contributed by atoms with van der Waals surface area (Å²) in [6.45, 7) is 5.44. The third-order valence-electron chi connectivity index (χ3n) is 2.66. The molecule has 0 unspecified atom stereocenters. The Labute approximate surface area is 128 Å². The third-order valence-corrected chi connectivity index (χ3v) is 2.66. The van der Waals surface area contributed by atoms with E-state index in [0.29, 0.717) is 5.69 Å². The molecule has 0 aliphatic rings. The molecular formula is C16H16N4O2. The average Bonchev–Trinajstić information content (AvgIpc) is 2.43. The molecule has 1 heterocycles. The number of aromatic nitrogens is 1. The molecule has 1 aromatic carbocycles. The number of carbonyl (C=O) groups excluding carboxylic acids is 1. The van der Waals surface area contributed by atoms with E-state index in [-0.39, 0.29) is 0 Å². The van der Waals surface area contributed by atoms with Crippen LogP contribution in [0.5, 0.6) is 0 Å². The normalized spacial score (nSPS) is 11.4. The molecule has 6 nitrogen and oxygen atoms in total. The summed E-state index contributed by atoms with van der Waals surface area (Å²) >= 11 is 0. The van der Waals surface area contributed by atoms with Crippen LogP contribution in [0.2, 0.25) is 0 Å². The number of ether oxygens (including phenoxy) is 1. The number of fused-ring (bicyclic) bond motifs is 1. The second-order valence-electron chi connectivity index (χ2n) is 5.70. The monoisotopic (exact) mass is 296 g/mol. The lowest BCUT2D eigenvalue weighted by Crippen LogP contribution is -2.22. The van der Waals surface area contributed by atoms with Crippen molar-refractivity contribution in [3.8, 4) is 0 Å². The van der Waals surface area contributed by atoms with Crippen LogP contribution >= 0.6 is 0 Å². The van der Waals surface area contributed by atoms with Crippen molar-refractivity contribution >= 4 is 28.6 Å². The molecule has 22 heavy (non-hydrogen) atoms. The lowest BCUT2D eigenvalue weighted by Gasteiger charge is -2.17. The average molecular weight is 296 g/mol. The fourth-order valence-electron chi connectivity index (χ4n) is 1.84. The maximum Gasteiger partial charge on any atom is 0.331 e. The van der Waals surface area contributed by atoms with Gasteiger partial charge in [-0.2, -0.15) is 0 Å². The summed E-state index contributed by atoms with van der Waals surface area (Å²) in [7, 11) is 0. The maximum absolute atomic E-state index is 11.7. The van der Waals surface area contributed by atoms with Gasteiger partial charge < -0.3 is 4.74 Å².